The summed E-state index contributed by atoms with van der Waals surface area (Å²) in [7, 11) is 0. The van der Waals surface area contributed by atoms with Crippen LogP contribution >= 0.6 is 0 Å². The largest absolute Gasteiger partial charge is 0.508 e. The topological polar surface area (TPSA) is 20.2 Å². The van der Waals surface area contributed by atoms with Gasteiger partial charge in [0, 0.05) is 0 Å². The SMILES string of the molecule is Cc1ccc(C)c(-c2cc(C(C)(C)C)c(O)cc2C)c1. The standard InChI is InChI=1S/C19H24O/c1-12-7-8-13(2)15(9-12)16-11-17(19(4,5)6)18(20)10-14(16)3/h7-11,20H,1-6H3. The maximum atomic E-state index is 10.2. The first-order valence-electron chi connectivity index (χ1n) is 7.12. The van der Waals surface area contributed by atoms with E-state index in [2.05, 4.69) is 65.8 Å². The Morgan fingerprint density at radius 1 is 0.800 bits per heavy atom. The second-order valence-electron chi connectivity index (χ2n) is 6.75. The van der Waals surface area contributed by atoms with Gasteiger partial charge in [-0.2, -0.15) is 0 Å². The van der Waals surface area contributed by atoms with Crippen molar-refractivity contribution in [1.29, 1.82) is 0 Å². The lowest BCUT2D eigenvalue weighted by Crippen LogP contribution is -2.11. The van der Waals surface area contributed by atoms with Crippen LogP contribution in [-0.2, 0) is 5.41 Å². The van der Waals surface area contributed by atoms with E-state index >= 15 is 0 Å². The summed E-state index contributed by atoms with van der Waals surface area (Å²) in [4.78, 5) is 0. The summed E-state index contributed by atoms with van der Waals surface area (Å²) in [6.45, 7) is 12.7. The molecule has 2 aromatic carbocycles. The van der Waals surface area contributed by atoms with Crippen molar-refractivity contribution in [3.63, 3.8) is 0 Å². The third-order valence-corrected chi connectivity index (χ3v) is 3.83. The Morgan fingerprint density at radius 3 is 2.00 bits per heavy atom. The molecule has 0 heterocycles. The van der Waals surface area contributed by atoms with E-state index in [1.54, 1.807) is 0 Å². The highest BCUT2D eigenvalue weighted by molar-refractivity contribution is 5.73. The molecular formula is C19H24O. The summed E-state index contributed by atoms with van der Waals surface area (Å²) in [6.07, 6.45) is 0. The van der Waals surface area contributed by atoms with Crippen molar-refractivity contribution >= 4 is 0 Å². The molecule has 0 aliphatic rings. The third-order valence-electron chi connectivity index (χ3n) is 3.83. The lowest BCUT2D eigenvalue weighted by Gasteiger charge is -2.23. The van der Waals surface area contributed by atoms with E-state index in [9.17, 15) is 5.11 Å². The van der Waals surface area contributed by atoms with Gasteiger partial charge in [0.1, 0.15) is 5.75 Å². The fourth-order valence-electron chi connectivity index (χ4n) is 2.61. The van der Waals surface area contributed by atoms with E-state index in [1.807, 2.05) is 6.07 Å². The molecule has 0 amide bonds. The number of phenols is 1. The average Bonchev–Trinajstić information content (AvgIpc) is 2.31. The summed E-state index contributed by atoms with van der Waals surface area (Å²) >= 11 is 0. The summed E-state index contributed by atoms with van der Waals surface area (Å²) in [5.74, 6) is 0.393. The summed E-state index contributed by atoms with van der Waals surface area (Å²) in [6, 6.07) is 10.6. The Balaban J connectivity index is 2.71. The molecule has 2 aromatic rings. The Labute approximate surface area is 122 Å². The predicted octanol–water partition coefficient (Wildman–Crippen LogP) is 5.28. The first-order chi connectivity index (χ1) is 9.20. The molecule has 106 valence electrons. The van der Waals surface area contributed by atoms with Crippen LogP contribution < -0.4 is 0 Å². The van der Waals surface area contributed by atoms with Crippen molar-refractivity contribution in [2.24, 2.45) is 0 Å². The molecule has 0 radical (unpaired) electrons. The van der Waals surface area contributed by atoms with Crippen molar-refractivity contribution in [3.8, 4) is 16.9 Å². The van der Waals surface area contributed by atoms with Crippen LogP contribution in [-0.4, -0.2) is 5.11 Å². The quantitative estimate of drug-likeness (QED) is 0.745. The van der Waals surface area contributed by atoms with Crippen LogP contribution in [0.5, 0.6) is 5.75 Å². The Hall–Kier alpha value is -1.76. The lowest BCUT2D eigenvalue weighted by molar-refractivity contribution is 0.446. The first-order valence-corrected chi connectivity index (χ1v) is 7.12. The molecule has 0 saturated heterocycles. The van der Waals surface area contributed by atoms with Gasteiger partial charge < -0.3 is 5.11 Å². The first kappa shape index (κ1) is 14.6. The fourth-order valence-corrected chi connectivity index (χ4v) is 2.61. The van der Waals surface area contributed by atoms with Gasteiger partial charge in [0.05, 0.1) is 0 Å². The fraction of sp³-hybridized carbons (Fsp3) is 0.368. The zero-order chi connectivity index (χ0) is 15.1. The molecule has 1 nitrogen and oxygen atoms in total. The monoisotopic (exact) mass is 268 g/mol. The molecule has 0 atom stereocenters. The molecule has 0 aliphatic carbocycles. The van der Waals surface area contributed by atoms with Crippen molar-refractivity contribution in [2.75, 3.05) is 0 Å². The van der Waals surface area contributed by atoms with Gasteiger partial charge in [0.2, 0.25) is 0 Å². The van der Waals surface area contributed by atoms with Gasteiger partial charge in [-0.1, -0.05) is 44.5 Å². The molecule has 0 aromatic heterocycles. The summed E-state index contributed by atoms with van der Waals surface area (Å²) in [5.41, 5.74) is 7.05. The lowest BCUT2D eigenvalue weighted by atomic mass is 9.83. The number of aryl methyl sites for hydroxylation is 3. The van der Waals surface area contributed by atoms with Gasteiger partial charge in [0.15, 0.2) is 0 Å². The highest BCUT2D eigenvalue weighted by Crippen LogP contribution is 2.37. The number of hydrogen-bond acceptors (Lipinski definition) is 1. The van der Waals surface area contributed by atoms with Crippen LogP contribution in [0, 0.1) is 20.8 Å². The Kier molecular flexibility index (Phi) is 3.64. The van der Waals surface area contributed by atoms with Crippen LogP contribution in [0.25, 0.3) is 11.1 Å². The van der Waals surface area contributed by atoms with Crippen LogP contribution in [0.2, 0.25) is 0 Å². The van der Waals surface area contributed by atoms with Gasteiger partial charge in [-0.25, -0.2) is 0 Å². The van der Waals surface area contributed by atoms with Gasteiger partial charge in [-0.15, -0.1) is 0 Å². The normalized spacial score (nSPS) is 11.7. The number of aromatic hydroxyl groups is 1. The van der Waals surface area contributed by atoms with Gasteiger partial charge in [-0.05, 0) is 66.1 Å². The molecule has 2 rings (SSSR count). The van der Waals surface area contributed by atoms with E-state index in [0.29, 0.717) is 5.75 Å². The van der Waals surface area contributed by atoms with Crippen LogP contribution in [0.4, 0.5) is 0 Å². The smallest absolute Gasteiger partial charge is 0.119 e. The second-order valence-corrected chi connectivity index (χ2v) is 6.75. The van der Waals surface area contributed by atoms with E-state index in [-0.39, 0.29) is 5.41 Å². The molecule has 1 N–H and O–H groups in total. The molecule has 1 heteroatoms. The number of phenolic OH excluding ortho intramolecular Hbond substituents is 1. The number of rotatable bonds is 1. The van der Waals surface area contributed by atoms with E-state index in [1.165, 1.54) is 22.3 Å². The van der Waals surface area contributed by atoms with Gasteiger partial charge in [0.25, 0.3) is 0 Å². The molecule has 0 saturated carbocycles. The minimum atomic E-state index is -0.0652. The Morgan fingerprint density at radius 2 is 1.40 bits per heavy atom. The van der Waals surface area contributed by atoms with Crippen LogP contribution in [0.1, 0.15) is 43.0 Å². The molecule has 0 spiro atoms. The number of hydrogen-bond donors (Lipinski definition) is 1. The van der Waals surface area contributed by atoms with E-state index in [4.69, 9.17) is 0 Å². The minimum Gasteiger partial charge on any atom is -0.508 e. The zero-order valence-corrected chi connectivity index (χ0v) is 13.3. The van der Waals surface area contributed by atoms with Crippen molar-refractivity contribution in [1.82, 2.24) is 0 Å². The third kappa shape index (κ3) is 2.72. The zero-order valence-electron chi connectivity index (χ0n) is 13.3. The highest BCUT2D eigenvalue weighted by atomic mass is 16.3. The summed E-state index contributed by atoms with van der Waals surface area (Å²) in [5, 5.41) is 10.2. The maximum Gasteiger partial charge on any atom is 0.119 e. The van der Waals surface area contributed by atoms with Crippen LogP contribution in [0.15, 0.2) is 30.3 Å². The Bertz CT molecular complexity index is 646. The second kappa shape index (κ2) is 4.97. The highest BCUT2D eigenvalue weighted by Gasteiger charge is 2.20. The average molecular weight is 268 g/mol. The van der Waals surface area contributed by atoms with E-state index < -0.39 is 0 Å². The van der Waals surface area contributed by atoms with Crippen molar-refractivity contribution < 1.29 is 5.11 Å². The molecular weight excluding hydrogens is 244 g/mol. The molecule has 20 heavy (non-hydrogen) atoms. The van der Waals surface area contributed by atoms with Crippen molar-refractivity contribution in [3.05, 3.63) is 52.6 Å². The maximum absolute atomic E-state index is 10.2. The van der Waals surface area contributed by atoms with Crippen molar-refractivity contribution in [2.45, 2.75) is 47.0 Å². The van der Waals surface area contributed by atoms with Gasteiger partial charge in [-0.3, -0.25) is 0 Å². The number of benzene rings is 2. The molecule has 0 unspecified atom stereocenters. The predicted molar refractivity (Wildman–Crippen MR) is 86.5 cm³/mol. The van der Waals surface area contributed by atoms with Gasteiger partial charge >= 0.3 is 0 Å². The minimum absolute atomic E-state index is 0.0652. The molecule has 0 fully saturated rings. The summed E-state index contributed by atoms with van der Waals surface area (Å²) < 4.78 is 0. The molecule has 0 aliphatic heterocycles. The van der Waals surface area contributed by atoms with E-state index in [0.717, 1.165) is 11.1 Å². The van der Waals surface area contributed by atoms with Crippen LogP contribution in [0.3, 0.4) is 0 Å². The molecule has 0 bridgehead atoms.